The van der Waals surface area contributed by atoms with Crippen LogP contribution in [0.1, 0.15) is 46.6 Å². The fourth-order valence-corrected chi connectivity index (χ4v) is 3.09. The summed E-state index contributed by atoms with van der Waals surface area (Å²) in [5.74, 6) is -0.169. The first-order valence-corrected chi connectivity index (χ1v) is 8.16. The number of carbonyl (C=O) groups is 1. The summed E-state index contributed by atoms with van der Waals surface area (Å²) in [4.78, 5) is 12.6. The summed E-state index contributed by atoms with van der Waals surface area (Å²) in [7, 11) is 0. The maximum absolute atomic E-state index is 12.6. The second-order valence-corrected chi connectivity index (χ2v) is 8.22. The Labute approximate surface area is 138 Å². The van der Waals surface area contributed by atoms with Crippen LogP contribution in [0.4, 0.5) is 0 Å². The highest BCUT2D eigenvalue weighted by atomic mass is 35.5. The van der Waals surface area contributed by atoms with Crippen molar-refractivity contribution in [2.45, 2.75) is 46.6 Å². The van der Waals surface area contributed by atoms with Crippen molar-refractivity contribution in [2.75, 3.05) is 13.1 Å². The van der Waals surface area contributed by atoms with Gasteiger partial charge in [0.25, 0.3) is 0 Å². The summed E-state index contributed by atoms with van der Waals surface area (Å²) < 4.78 is 6.16. The molecule has 1 aromatic rings. The number of esters is 1. The molecule has 122 valence electrons. The second kappa shape index (κ2) is 5.86. The molecule has 0 aliphatic carbocycles. The van der Waals surface area contributed by atoms with E-state index in [0.717, 1.165) is 25.1 Å². The van der Waals surface area contributed by atoms with E-state index in [1.165, 1.54) is 0 Å². The van der Waals surface area contributed by atoms with Crippen molar-refractivity contribution in [1.29, 1.82) is 0 Å². The number of hydrogen-bond donors (Lipinski definition) is 1. The molecule has 0 aromatic heterocycles. The van der Waals surface area contributed by atoms with Crippen LogP contribution in [-0.2, 0) is 15.1 Å². The maximum atomic E-state index is 12.6. The van der Waals surface area contributed by atoms with Crippen LogP contribution in [0, 0.1) is 10.8 Å². The largest absolute Gasteiger partial charge is 0.453 e. The monoisotopic (exact) mass is 323 g/mol. The molecule has 1 aliphatic rings. The first-order valence-electron chi connectivity index (χ1n) is 7.79. The quantitative estimate of drug-likeness (QED) is 0.831. The minimum atomic E-state index is -0.632. The predicted octanol–water partition coefficient (Wildman–Crippen LogP) is 4.14. The molecule has 1 atom stereocenters. The SMILES string of the molecule is CC(C)(C)C(=O)OC1(c2ccc(Cl)cc2)CCNCC1(C)C. The molecule has 0 spiro atoms. The number of halogens is 1. The number of carbonyl (C=O) groups excluding carboxylic acids is 1. The molecule has 1 heterocycles. The Kier molecular flexibility index (Phi) is 4.61. The Morgan fingerprint density at radius 3 is 2.32 bits per heavy atom. The van der Waals surface area contributed by atoms with Crippen molar-refractivity contribution in [3.63, 3.8) is 0 Å². The van der Waals surface area contributed by atoms with Crippen molar-refractivity contribution >= 4 is 17.6 Å². The van der Waals surface area contributed by atoms with Crippen LogP contribution in [0.2, 0.25) is 5.02 Å². The second-order valence-electron chi connectivity index (χ2n) is 7.78. The molecule has 1 fully saturated rings. The van der Waals surface area contributed by atoms with E-state index in [1.54, 1.807) is 0 Å². The summed E-state index contributed by atoms with van der Waals surface area (Å²) in [5.41, 5.74) is -0.353. The summed E-state index contributed by atoms with van der Waals surface area (Å²) in [6.45, 7) is 11.6. The average Bonchev–Trinajstić information content (AvgIpc) is 2.41. The van der Waals surface area contributed by atoms with Gasteiger partial charge in [0.05, 0.1) is 5.41 Å². The van der Waals surface area contributed by atoms with Gasteiger partial charge in [-0.2, -0.15) is 0 Å². The number of ether oxygens (including phenoxy) is 1. The molecule has 4 heteroatoms. The van der Waals surface area contributed by atoms with Crippen LogP contribution >= 0.6 is 11.6 Å². The van der Waals surface area contributed by atoms with Gasteiger partial charge in [-0.1, -0.05) is 37.6 Å². The van der Waals surface area contributed by atoms with Gasteiger partial charge < -0.3 is 10.1 Å². The van der Waals surface area contributed by atoms with E-state index in [-0.39, 0.29) is 11.4 Å². The minimum Gasteiger partial charge on any atom is -0.453 e. The summed E-state index contributed by atoms with van der Waals surface area (Å²) in [5, 5.41) is 4.09. The zero-order valence-electron chi connectivity index (χ0n) is 14.1. The molecular formula is C18H26ClNO2. The van der Waals surface area contributed by atoms with Gasteiger partial charge in [-0.05, 0) is 45.0 Å². The third kappa shape index (κ3) is 3.16. The van der Waals surface area contributed by atoms with E-state index in [1.807, 2.05) is 45.0 Å². The topological polar surface area (TPSA) is 38.3 Å². The maximum Gasteiger partial charge on any atom is 0.312 e. The number of hydrogen-bond acceptors (Lipinski definition) is 3. The van der Waals surface area contributed by atoms with Crippen LogP contribution in [-0.4, -0.2) is 19.1 Å². The smallest absolute Gasteiger partial charge is 0.312 e. The van der Waals surface area contributed by atoms with Gasteiger partial charge >= 0.3 is 5.97 Å². The molecule has 3 nitrogen and oxygen atoms in total. The average molecular weight is 324 g/mol. The molecule has 1 N–H and O–H groups in total. The van der Waals surface area contributed by atoms with E-state index in [4.69, 9.17) is 16.3 Å². The van der Waals surface area contributed by atoms with Crippen molar-refractivity contribution in [3.8, 4) is 0 Å². The molecule has 1 saturated heterocycles. The van der Waals surface area contributed by atoms with Gasteiger partial charge in [0, 0.05) is 23.4 Å². The fourth-order valence-electron chi connectivity index (χ4n) is 2.96. The van der Waals surface area contributed by atoms with Gasteiger partial charge in [0.2, 0.25) is 0 Å². The van der Waals surface area contributed by atoms with Crippen molar-refractivity contribution in [3.05, 3.63) is 34.9 Å². The fraction of sp³-hybridized carbons (Fsp3) is 0.611. The normalized spacial score (nSPS) is 24.8. The van der Waals surface area contributed by atoms with Gasteiger partial charge in [-0.3, -0.25) is 4.79 Å². The highest BCUT2D eigenvalue weighted by Crippen LogP contribution is 2.48. The van der Waals surface area contributed by atoms with Gasteiger partial charge in [0.15, 0.2) is 0 Å². The Morgan fingerprint density at radius 1 is 1.23 bits per heavy atom. The Morgan fingerprint density at radius 2 is 1.82 bits per heavy atom. The van der Waals surface area contributed by atoms with E-state index in [0.29, 0.717) is 5.02 Å². The predicted molar refractivity (Wildman–Crippen MR) is 89.9 cm³/mol. The van der Waals surface area contributed by atoms with Crippen LogP contribution in [0.5, 0.6) is 0 Å². The number of nitrogens with one attached hydrogen (secondary N) is 1. The van der Waals surface area contributed by atoms with E-state index in [2.05, 4.69) is 19.2 Å². The lowest BCUT2D eigenvalue weighted by atomic mass is 9.66. The van der Waals surface area contributed by atoms with Crippen LogP contribution in [0.15, 0.2) is 24.3 Å². The highest BCUT2D eigenvalue weighted by Gasteiger charge is 2.52. The Hall–Kier alpha value is -1.06. The third-order valence-corrected chi connectivity index (χ3v) is 4.76. The lowest BCUT2D eigenvalue weighted by Gasteiger charge is -2.50. The van der Waals surface area contributed by atoms with Crippen molar-refractivity contribution in [2.24, 2.45) is 10.8 Å². The Bertz CT molecular complexity index is 545. The minimum absolute atomic E-state index is 0.169. The molecule has 1 aliphatic heterocycles. The molecule has 0 bridgehead atoms. The lowest BCUT2D eigenvalue weighted by Crippen LogP contribution is -2.56. The molecule has 0 radical (unpaired) electrons. The molecular weight excluding hydrogens is 298 g/mol. The molecule has 2 rings (SSSR count). The molecule has 22 heavy (non-hydrogen) atoms. The van der Waals surface area contributed by atoms with Gasteiger partial charge in [0.1, 0.15) is 5.60 Å². The molecule has 0 saturated carbocycles. The summed E-state index contributed by atoms with van der Waals surface area (Å²) in [6.07, 6.45) is 0.753. The standard InChI is InChI=1S/C18H26ClNO2/c1-16(2,3)15(21)22-18(10-11-20-12-17(18,4)5)13-6-8-14(19)9-7-13/h6-9,20H,10-12H2,1-5H3. The zero-order valence-corrected chi connectivity index (χ0v) is 14.9. The van der Waals surface area contributed by atoms with Crippen LogP contribution in [0.3, 0.4) is 0 Å². The zero-order chi connectivity index (χ0) is 16.6. The third-order valence-electron chi connectivity index (χ3n) is 4.50. The first-order chi connectivity index (χ1) is 10.1. The lowest BCUT2D eigenvalue weighted by molar-refractivity contribution is -0.192. The Balaban J connectivity index is 2.49. The molecule has 0 amide bonds. The molecule has 1 aromatic carbocycles. The van der Waals surface area contributed by atoms with E-state index >= 15 is 0 Å². The number of rotatable bonds is 2. The van der Waals surface area contributed by atoms with Crippen molar-refractivity contribution in [1.82, 2.24) is 5.32 Å². The molecule has 1 unspecified atom stereocenters. The van der Waals surface area contributed by atoms with Crippen molar-refractivity contribution < 1.29 is 9.53 Å². The first kappa shape index (κ1) is 17.3. The van der Waals surface area contributed by atoms with Gasteiger partial charge in [-0.25, -0.2) is 0 Å². The number of benzene rings is 1. The van der Waals surface area contributed by atoms with Gasteiger partial charge in [-0.15, -0.1) is 0 Å². The van der Waals surface area contributed by atoms with E-state index in [9.17, 15) is 4.79 Å². The van der Waals surface area contributed by atoms with Crippen LogP contribution in [0.25, 0.3) is 0 Å². The number of piperidine rings is 1. The highest BCUT2D eigenvalue weighted by molar-refractivity contribution is 6.30. The van der Waals surface area contributed by atoms with E-state index < -0.39 is 11.0 Å². The summed E-state index contributed by atoms with van der Waals surface area (Å²) in [6, 6.07) is 7.68. The van der Waals surface area contributed by atoms with Crippen LogP contribution < -0.4 is 5.32 Å². The summed E-state index contributed by atoms with van der Waals surface area (Å²) >= 11 is 6.03.